The number of nitrogens with two attached hydrogens (primary N) is 1. The minimum atomic E-state index is -1.22. The summed E-state index contributed by atoms with van der Waals surface area (Å²) in [4.78, 5) is 10.3. The monoisotopic (exact) mass is 184 g/mol. The number of carboxylic acid groups (broad SMARTS) is 1. The average molecular weight is 184 g/mol. The van der Waals surface area contributed by atoms with Gasteiger partial charge in [-0.15, -0.1) is 0 Å². The van der Waals surface area contributed by atoms with Gasteiger partial charge in [-0.3, -0.25) is 0 Å². The molecular formula is C8H9FN2O2. The highest BCUT2D eigenvalue weighted by atomic mass is 19.1. The third kappa shape index (κ3) is 2.72. The molecule has 1 aromatic carbocycles. The molecule has 13 heavy (non-hydrogen) atoms. The molecule has 0 aliphatic rings. The Balaban J connectivity index is 2.64. The maximum atomic E-state index is 12.4. The van der Waals surface area contributed by atoms with E-state index in [0.29, 0.717) is 10.6 Å². The van der Waals surface area contributed by atoms with E-state index in [0.717, 1.165) is 0 Å². The zero-order chi connectivity index (χ0) is 9.84. The van der Waals surface area contributed by atoms with Crippen LogP contribution in [0.15, 0.2) is 24.3 Å². The van der Waals surface area contributed by atoms with E-state index in [2.05, 4.69) is 0 Å². The summed E-state index contributed by atoms with van der Waals surface area (Å²) in [6.07, 6.45) is -1.22. The molecular weight excluding hydrogens is 175 g/mol. The number of nitrogens with zero attached hydrogens (tertiary/aromatic N) is 1. The van der Waals surface area contributed by atoms with Crippen LogP contribution in [0.25, 0.3) is 0 Å². The number of amides is 1. The standard InChI is InChI=1S/C8H9FN2O2/c9-7-3-1-6(2-4-7)5-11(10)8(12)13/h1-4H,5,10H2,(H,12,13). The fourth-order valence-electron chi connectivity index (χ4n) is 0.854. The van der Waals surface area contributed by atoms with Crippen LogP contribution in [0.4, 0.5) is 9.18 Å². The fourth-order valence-corrected chi connectivity index (χ4v) is 0.854. The maximum Gasteiger partial charge on any atom is 0.421 e. The molecule has 0 aromatic heterocycles. The summed E-state index contributed by atoms with van der Waals surface area (Å²) in [5, 5.41) is 9.06. The van der Waals surface area contributed by atoms with Gasteiger partial charge in [0.25, 0.3) is 0 Å². The van der Waals surface area contributed by atoms with Crippen molar-refractivity contribution >= 4 is 6.09 Å². The highest BCUT2D eigenvalue weighted by Crippen LogP contribution is 2.04. The molecule has 0 atom stereocenters. The van der Waals surface area contributed by atoms with Crippen LogP contribution in [-0.2, 0) is 6.54 Å². The molecule has 70 valence electrons. The summed E-state index contributed by atoms with van der Waals surface area (Å²) in [5.74, 6) is 4.77. The number of halogens is 1. The number of benzene rings is 1. The zero-order valence-electron chi connectivity index (χ0n) is 6.77. The first kappa shape index (κ1) is 9.47. The second-order valence-electron chi connectivity index (χ2n) is 2.54. The quantitative estimate of drug-likeness (QED) is 0.412. The fraction of sp³-hybridized carbons (Fsp3) is 0.125. The van der Waals surface area contributed by atoms with Crippen molar-refractivity contribution in [3.05, 3.63) is 35.6 Å². The molecule has 0 saturated heterocycles. The number of carbonyl (C=O) groups is 1. The Morgan fingerprint density at radius 3 is 2.46 bits per heavy atom. The third-order valence-corrected chi connectivity index (χ3v) is 1.51. The first-order chi connectivity index (χ1) is 6.09. The van der Waals surface area contributed by atoms with Gasteiger partial charge in [0, 0.05) is 0 Å². The van der Waals surface area contributed by atoms with E-state index in [9.17, 15) is 9.18 Å². The minimum absolute atomic E-state index is 0.0512. The van der Waals surface area contributed by atoms with E-state index in [1.165, 1.54) is 24.3 Å². The van der Waals surface area contributed by atoms with Crippen LogP contribution in [0.2, 0.25) is 0 Å². The van der Waals surface area contributed by atoms with Crippen LogP contribution in [0, 0.1) is 5.82 Å². The van der Waals surface area contributed by atoms with Crippen molar-refractivity contribution in [3.8, 4) is 0 Å². The molecule has 0 bridgehead atoms. The molecule has 0 aliphatic heterocycles. The van der Waals surface area contributed by atoms with Crippen LogP contribution < -0.4 is 5.84 Å². The second kappa shape index (κ2) is 3.86. The lowest BCUT2D eigenvalue weighted by Crippen LogP contribution is -2.35. The normalized spacial score (nSPS) is 9.69. The lowest BCUT2D eigenvalue weighted by atomic mass is 10.2. The number of hydrazine groups is 1. The van der Waals surface area contributed by atoms with E-state index in [1.807, 2.05) is 0 Å². The van der Waals surface area contributed by atoms with Crippen molar-refractivity contribution < 1.29 is 14.3 Å². The van der Waals surface area contributed by atoms with Crippen LogP contribution in [-0.4, -0.2) is 16.2 Å². The average Bonchev–Trinajstić information content (AvgIpc) is 2.08. The summed E-state index contributed by atoms with van der Waals surface area (Å²) in [7, 11) is 0. The number of hydrogen-bond donors (Lipinski definition) is 2. The molecule has 0 radical (unpaired) electrons. The van der Waals surface area contributed by atoms with Crippen molar-refractivity contribution in [2.45, 2.75) is 6.54 Å². The summed E-state index contributed by atoms with van der Waals surface area (Å²) in [5.41, 5.74) is 0.645. The highest BCUT2D eigenvalue weighted by Gasteiger charge is 2.06. The van der Waals surface area contributed by atoms with Gasteiger partial charge in [-0.05, 0) is 17.7 Å². The minimum Gasteiger partial charge on any atom is -0.464 e. The number of rotatable bonds is 2. The Kier molecular flexibility index (Phi) is 2.81. The summed E-state index contributed by atoms with van der Waals surface area (Å²) >= 11 is 0. The molecule has 0 unspecified atom stereocenters. The Morgan fingerprint density at radius 2 is 2.00 bits per heavy atom. The molecule has 0 heterocycles. The Morgan fingerprint density at radius 1 is 1.46 bits per heavy atom. The van der Waals surface area contributed by atoms with Gasteiger partial charge in [0.1, 0.15) is 5.82 Å². The Hall–Kier alpha value is -1.62. The van der Waals surface area contributed by atoms with Crippen molar-refractivity contribution in [1.29, 1.82) is 0 Å². The summed E-state index contributed by atoms with van der Waals surface area (Å²) < 4.78 is 12.4. The van der Waals surface area contributed by atoms with Gasteiger partial charge >= 0.3 is 6.09 Å². The lowest BCUT2D eigenvalue weighted by Gasteiger charge is -2.11. The molecule has 1 aromatic rings. The lowest BCUT2D eigenvalue weighted by molar-refractivity contribution is 0.143. The van der Waals surface area contributed by atoms with Gasteiger partial charge < -0.3 is 5.11 Å². The van der Waals surface area contributed by atoms with Gasteiger partial charge in [0.15, 0.2) is 0 Å². The second-order valence-corrected chi connectivity index (χ2v) is 2.54. The van der Waals surface area contributed by atoms with Gasteiger partial charge in [0.05, 0.1) is 6.54 Å². The predicted molar refractivity (Wildman–Crippen MR) is 44.2 cm³/mol. The van der Waals surface area contributed by atoms with E-state index >= 15 is 0 Å². The Labute approximate surface area is 74.4 Å². The van der Waals surface area contributed by atoms with Crippen LogP contribution in [0.3, 0.4) is 0 Å². The topological polar surface area (TPSA) is 66.6 Å². The van der Waals surface area contributed by atoms with Gasteiger partial charge in [0.2, 0.25) is 0 Å². The van der Waals surface area contributed by atoms with Crippen LogP contribution >= 0.6 is 0 Å². The molecule has 1 rings (SSSR count). The Bertz CT molecular complexity index is 300. The molecule has 5 heteroatoms. The van der Waals surface area contributed by atoms with Gasteiger partial charge in [-0.1, -0.05) is 12.1 Å². The number of hydrogen-bond acceptors (Lipinski definition) is 2. The van der Waals surface area contributed by atoms with Crippen molar-refractivity contribution in [2.75, 3.05) is 0 Å². The molecule has 0 spiro atoms. The smallest absolute Gasteiger partial charge is 0.421 e. The molecule has 0 aliphatic carbocycles. The largest absolute Gasteiger partial charge is 0.464 e. The summed E-state index contributed by atoms with van der Waals surface area (Å²) in [6, 6.07) is 5.48. The first-order valence-electron chi connectivity index (χ1n) is 3.59. The van der Waals surface area contributed by atoms with E-state index in [4.69, 9.17) is 10.9 Å². The first-order valence-corrected chi connectivity index (χ1v) is 3.59. The molecule has 0 saturated carbocycles. The molecule has 3 N–H and O–H groups in total. The zero-order valence-corrected chi connectivity index (χ0v) is 6.77. The van der Waals surface area contributed by atoms with E-state index in [-0.39, 0.29) is 12.4 Å². The van der Waals surface area contributed by atoms with Gasteiger partial charge in [-0.2, -0.15) is 0 Å². The third-order valence-electron chi connectivity index (χ3n) is 1.51. The summed E-state index contributed by atoms with van der Waals surface area (Å²) in [6.45, 7) is 0.0512. The highest BCUT2D eigenvalue weighted by molar-refractivity contribution is 5.64. The maximum absolute atomic E-state index is 12.4. The predicted octanol–water partition coefficient (Wildman–Crippen LogP) is 1.18. The van der Waals surface area contributed by atoms with Crippen molar-refractivity contribution in [1.82, 2.24) is 5.01 Å². The van der Waals surface area contributed by atoms with Crippen molar-refractivity contribution in [3.63, 3.8) is 0 Å². The van der Waals surface area contributed by atoms with E-state index in [1.54, 1.807) is 0 Å². The van der Waals surface area contributed by atoms with Gasteiger partial charge in [-0.25, -0.2) is 20.0 Å². The molecule has 4 nitrogen and oxygen atoms in total. The van der Waals surface area contributed by atoms with Crippen LogP contribution in [0.1, 0.15) is 5.56 Å². The van der Waals surface area contributed by atoms with Crippen molar-refractivity contribution in [2.24, 2.45) is 5.84 Å². The SMILES string of the molecule is NN(Cc1ccc(F)cc1)C(=O)O. The van der Waals surface area contributed by atoms with Crippen LogP contribution in [0.5, 0.6) is 0 Å². The molecule has 0 fully saturated rings. The van der Waals surface area contributed by atoms with E-state index < -0.39 is 6.09 Å². The molecule has 1 amide bonds.